The Balaban J connectivity index is 0.00000225. The van der Waals surface area contributed by atoms with Gasteiger partial charge in [-0.1, -0.05) is 91.0 Å². The minimum Gasteiger partial charge on any atom is -1.00 e. The second kappa shape index (κ2) is 9.41. The smallest absolute Gasteiger partial charge is 0.105 e. The van der Waals surface area contributed by atoms with E-state index in [0.29, 0.717) is 0 Å². The van der Waals surface area contributed by atoms with Crippen molar-refractivity contribution in [2.75, 3.05) is 6.54 Å². The SMILES string of the molecule is CC[N+](Cc1ccccc1)(Cc1ccccc1)Cc1ccccc1.[Cl-]. The first-order chi connectivity index (χ1) is 11.8. The number of quaternary nitrogens is 1. The van der Waals surface area contributed by atoms with Crippen LogP contribution in [0.4, 0.5) is 0 Å². The molecule has 0 aromatic heterocycles. The molecule has 3 aromatic rings. The van der Waals surface area contributed by atoms with Gasteiger partial charge in [0.1, 0.15) is 19.6 Å². The molecule has 3 aromatic carbocycles. The minimum absolute atomic E-state index is 0. The van der Waals surface area contributed by atoms with Crippen molar-refractivity contribution >= 4 is 0 Å². The molecule has 0 atom stereocenters. The van der Waals surface area contributed by atoms with E-state index in [4.69, 9.17) is 0 Å². The molecule has 0 amide bonds. The third-order valence-corrected chi connectivity index (χ3v) is 4.75. The van der Waals surface area contributed by atoms with Gasteiger partial charge in [-0.25, -0.2) is 0 Å². The van der Waals surface area contributed by atoms with E-state index in [-0.39, 0.29) is 12.4 Å². The standard InChI is InChI=1S/C23H26N.ClH/c1-2-24(18-21-12-6-3-7-13-21,19-22-14-8-4-9-15-22)20-23-16-10-5-11-17-23;/h3-17H,2,18-20H2,1H3;1H/q+1;/p-1. The maximum atomic E-state index is 2.31. The van der Waals surface area contributed by atoms with Crippen molar-refractivity contribution in [1.29, 1.82) is 0 Å². The molecule has 25 heavy (non-hydrogen) atoms. The largest absolute Gasteiger partial charge is 1.00 e. The predicted octanol–water partition coefficient (Wildman–Crippen LogP) is 2.43. The lowest BCUT2D eigenvalue weighted by Gasteiger charge is -2.38. The van der Waals surface area contributed by atoms with E-state index in [0.717, 1.165) is 30.7 Å². The molecular weight excluding hydrogens is 326 g/mol. The maximum Gasteiger partial charge on any atom is 0.105 e. The van der Waals surface area contributed by atoms with Gasteiger partial charge in [-0.15, -0.1) is 0 Å². The van der Waals surface area contributed by atoms with Crippen molar-refractivity contribution in [3.05, 3.63) is 108 Å². The molecule has 0 N–H and O–H groups in total. The average molecular weight is 352 g/mol. The molecular formula is C23H26ClN. The maximum absolute atomic E-state index is 2.31. The van der Waals surface area contributed by atoms with Gasteiger partial charge in [-0.3, -0.25) is 0 Å². The van der Waals surface area contributed by atoms with Crippen molar-refractivity contribution < 1.29 is 16.9 Å². The van der Waals surface area contributed by atoms with Crippen LogP contribution in [0.5, 0.6) is 0 Å². The second-order valence-electron chi connectivity index (χ2n) is 6.59. The summed E-state index contributed by atoms with van der Waals surface area (Å²) in [5.41, 5.74) is 4.23. The van der Waals surface area contributed by atoms with Crippen molar-refractivity contribution in [2.24, 2.45) is 0 Å². The third-order valence-electron chi connectivity index (χ3n) is 4.75. The van der Waals surface area contributed by atoms with Crippen LogP contribution in [0.15, 0.2) is 91.0 Å². The molecule has 0 bridgehead atoms. The van der Waals surface area contributed by atoms with Crippen LogP contribution in [0.25, 0.3) is 0 Å². The second-order valence-corrected chi connectivity index (χ2v) is 6.59. The van der Waals surface area contributed by atoms with E-state index < -0.39 is 0 Å². The van der Waals surface area contributed by atoms with Crippen molar-refractivity contribution in [1.82, 2.24) is 0 Å². The number of nitrogens with zero attached hydrogens (tertiary/aromatic N) is 1. The molecule has 0 saturated heterocycles. The summed E-state index contributed by atoms with van der Waals surface area (Å²) in [6.45, 7) is 6.59. The van der Waals surface area contributed by atoms with Crippen LogP contribution in [0, 0.1) is 0 Å². The topological polar surface area (TPSA) is 0 Å². The molecule has 0 heterocycles. The van der Waals surface area contributed by atoms with Crippen molar-refractivity contribution in [2.45, 2.75) is 26.6 Å². The molecule has 130 valence electrons. The van der Waals surface area contributed by atoms with Gasteiger partial charge >= 0.3 is 0 Å². The molecule has 1 nitrogen and oxygen atoms in total. The van der Waals surface area contributed by atoms with E-state index in [1.165, 1.54) is 16.7 Å². The summed E-state index contributed by atoms with van der Waals surface area (Å²) in [6.07, 6.45) is 0. The summed E-state index contributed by atoms with van der Waals surface area (Å²) < 4.78 is 1.04. The summed E-state index contributed by atoms with van der Waals surface area (Å²) in [5.74, 6) is 0. The van der Waals surface area contributed by atoms with Gasteiger partial charge in [0.2, 0.25) is 0 Å². The van der Waals surface area contributed by atoms with Crippen LogP contribution >= 0.6 is 0 Å². The Kier molecular flexibility index (Phi) is 7.24. The minimum atomic E-state index is 0. The van der Waals surface area contributed by atoms with Gasteiger partial charge in [-0.2, -0.15) is 0 Å². The highest BCUT2D eigenvalue weighted by molar-refractivity contribution is 5.17. The fraction of sp³-hybridized carbons (Fsp3) is 0.217. The fourth-order valence-corrected chi connectivity index (χ4v) is 3.42. The lowest BCUT2D eigenvalue weighted by Crippen LogP contribution is -3.00. The quantitative estimate of drug-likeness (QED) is 0.573. The monoisotopic (exact) mass is 351 g/mol. The average Bonchev–Trinajstić information content (AvgIpc) is 2.64. The number of rotatable bonds is 7. The van der Waals surface area contributed by atoms with Gasteiger partial charge < -0.3 is 16.9 Å². The van der Waals surface area contributed by atoms with E-state index in [2.05, 4.69) is 97.9 Å². The summed E-state index contributed by atoms with van der Waals surface area (Å²) in [6, 6.07) is 32.6. The number of hydrogen-bond acceptors (Lipinski definition) is 0. The van der Waals surface area contributed by atoms with Crippen LogP contribution in [-0.2, 0) is 19.6 Å². The van der Waals surface area contributed by atoms with E-state index in [1.807, 2.05) is 0 Å². The first-order valence-corrected chi connectivity index (χ1v) is 8.76. The molecule has 0 unspecified atom stereocenters. The zero-order chi connectivity index (χ0) is 16.7. The molecule has 0 aliphatic heterocycles. The van der Waals surface area contributed by atoms with Crippen molar-refractivity contribution in [3.63, 3.8) is 0 Å². The zero-order valence-corrected chi connectivity index (χ0v) is 15.6. The predicted molar refractivity (Wildman–Crippen MR) is 101 cm³/mol. The lowest BCUT2D eigenvalue weighted by molar-refractivity contribution is -0.964. The van der Waals surface area contributed by atoms with Gasteiger partial charge in [0.15, 0.2) is 0 Å². The number of hydrogen-bond donors (Lipinski definition) is 0. The van der Waals surface area contributed by atoms with Crippen LogP contribution in [0.2, 0.25) is 0 Å². The molecule has 0 radical (unpaired) electrons. The van der Waals surface area contributed by atoms with E-state index in [1.54, 1.807) is 0 Å². The molecule has 0 fully saturated rings. The highest BCUT2D eigenvalue weighted by Crippen LogP contribution is 2.23. The summed E-state index contributed by atoms with van der Waals surface area (Å²) in [7, 11) is 0. The Morgan fingerprint density at radius 3 is 1.04 bits per heavy atom. The fourth-order valence-electron chi connectivity index (χ4n) is 3.42. The summed E-state index contributed by atoms with van der Waals surface area (Å²) in [4.78, 5) is 0. The van der Waals surface area contributed by atoms with Crippen LogP contribution < -0.4 is 12.4 Å². The lowest BCUT2D eigenvalue weighted by atomic mass is 10.1. The van der Waals surface area contributed by atoms with Gasteiger partial charge in [0.05, 0.1) is 6.54 Å². The van der Waals surface area contributed by atoms with Crippen LogP contribution in [0.3, 0.4) is 0 Å². The zero-order valence-electron chi connectivity index (χ0n) is 14.8. The summed E-state index contributed by atoms with van der Waals surface area (Å²) >= 11 is 0. The Hall–Kier alpha value is -2.09. The third kappa shape index (κ3) is 5.45. The van der Waals surface area contributed by atoms with Crippen LogP contribution in [0.1, 0.15) is 23.6 Å². The first kappa shape index (κ1) is 19.2. The molecule has 0 aliphatic carbocycles. The van der Waals surface area contributed by atoms with Gasteiger partial charge in [0, 0.05) is 16.7 Å². The number of benzene rings is 3. The normalized spacial score (nSPS) is 10.9. The molecule has 0 spiro atoms. The molecule has 3 rings (SSSR count). The summed E-state index contributed by atoms with van der Waals surface area (Å²) in [5, 5.41) is 0. The van der Waals surface area contributed by atoms with E-state index >= 15 is 0 Å². The Bertz CT molecular complexity index is 624. The molecule has 0 saturated carbocycles. The number of halogens is 1. The Labute approximate surface area is 157 Å². The molecule has 2 heteroatoms. The van der Waals surface area contributed by atoms with E-state index in [9.17, 15) is 0 Å². The highest BCUT2D eigenvalue weighted by Gasteiger charge is 2.26. The molecule has 0 aliphatic rings. The van der Waals surface area contributed by atoms with Crippen LogP contribution in [-0.4, -0.2) is 11.0 Å². The highest BCUT2D eigenvalue weighted by atomic mass is 35.5. The first-order valence-electron chi connectivity index (χ1n) is 8.76. The van der Waals surface area contributed by atoms with Gasteiger partial charge in [-0.05, 0) is 6.92 Å². The van der Waals surface area contributed by atoms with Crippen molar-refractivity contribution in [3.8, 4) is 0 Å². The van der Waals surface area contributed by atoms with Gasteiger partial charge in [0.25, 0.3) is 0 Å². The Morgan fingerprint density at radius 2 is 0.800 bits per heavy atom. The Morgan fingerprint density at radius 1 is 0.520 bits per heavy atom.